The topological polar surface area (TPSA) is 75.4 Å². The highest BCUT2D eigenvalue weighted by molar-refractivity contribution is 5.84. The van der Waals surface area contributed by atoms with Crippen LogP contribution in [0, 0.1) is 0 Å². The summed E-state index contributed by atoms with van der Waals surface area (Å²) >= 11 is 0. The Bertz CT molecular complexity index is 262. The van der Waals surface area contributed by atoms with Gasteiger partial charge in [0.2, 0.25) is 11.8 Å². The highest BCUT2D eigenvalue weighted by atomic mass is 16.2. The Morgan fingerprint density at radius 1 is 1.12 bits per heavy atom. The summed E-state index contributed by atoms with van der Waals surface area (Å²) < 4.78 is 0. The van der Waals surface area contributed by atoms with E-state index in [9.17, 15) is 9.59 Å². The highest BCUT2D eigenvalue weighted by Gasteiger charge is 2.24. The molecule has 0 aromatic carbocycles. The maximum atomic E-state index is 12.0. The molecule has 0 bridgehead atoms. The van der Waals surface area contributed by atoms with E-state index in [-0.39, 0.29) is 11.9 Å². The van der Waals surface area contributed by atoms with Crippen molar-refractivity contribution in [2.75, 3.05) is 13.1 Å². The van der Waals surface area contributed by atoms with Gasteiger partial charge in [-0.15, -0.1) is 0 Å². The summed E-state index contributed by atoms with van der Waals surface area (Å²) in [6.45, 7) is 5.10. The number of nitrogens with one attached hydrogen (secondary N) is 1. The van der Waals surface area contributed by atoms with Gasteiger partial charge in [-0.05, 0) is 33.1 Å². The monoisotopic (exact) mass is 227 g/mol. The predicted octanol–water partition coefficient (Wildman–Crippen LogP) is -0.149. The molecule has 1 aliphatic heterocycles. The predicted molar refractivity (Wildman–Crippen MR) is 61.7 cm³/mol. The summed E-state index contributed by atoms with van der Waals surface area (Å²) in [7, 11) is 0. The van der Waals surface area contributed by atoms with E-state index in [1.807, 2.05) is 4.90 Å². The van der Waals surface area contributed by atoms with Gasteiger partial charge in [0.15, 0.2) is 0 Å². The molecule has 0 aromatic heterocycles. The molecule has 3 N–H and O–H groups in total. The van der Waals surface area contributed by atoms with Crippen molar-refractivity contribution in [2.24, 2.45) is 5.73 Å². The van der Waals surface area contributed by atoms with Gasteiger partial charge in [0, 0.05) is 13.1 Å². The number of carbonyl (C=O) groups is 2. The van der Waals surface area contributed by atoms with Crippen LogP contribution in [0.1, 0.15) is 33.1 Å². The lowest BCUT2D eigenvalue weighted by molar-refractivity contribution is -0.134. The molecule has 1 rings (SSSR count). The molecule has 2 amide bonds. The van der Waals surface area contributed by atoms with Crippen LogP contribution < -0.4 is 11.1 Å². The fraction of sp³-hybridized carbons (Fsp3) is 0.818. The number of nitrogens with zero attached hydrogens (tertiary/aromatic N) is 1. The summed E-state index contributed by atoms with van der Waals surface area (Å²) in [5.74, 6) is -0.369. The molecule has 1 heterocycles. The fourth-order valence-corrected chi connectivity index (χ4v) is 1.92. The molecule has 1 fully saturated rings. The average molecular weight is 227 g/mol. The number of likely N-dealkylation sites (tertiary alicyclic amines) is 1. The lowest BCUT2D eigenvalue weighted by atomic mass is 10.1. The standard InChI is InChI=1S/C11H21N3O2/c1-8(10(12)15)13-9(2)11(16)14-6-4-3-5-7-14/h8-9,13H,3-7H2,1-2H3,(H2,12,15). The molecule has 5 nitrogen and oxygen atoms in total. The molecule has 0 spiro atoms. The third-order valence-corrected chi connectivity index (χ3v) is 2.96. The molecular formula is C11H21N3O2. The second-order valence-corrected chi connectivity index (χ2v) is 4.40. The van der Waals surface area contributed by atoms with Crippen LogP contribution in [0.3, 0.4) is 0 Å². The number of hydrogen-bond acceptors (Lipinski definition) is 3. The van der Waals surface area contributed by atoms with Crippen LogP contribution >= 0.6 is 0 Å². The molecule has 2 atom stereocenters. The lowest BCUT2D eigenvalue weighted by Crippen LogP contribution is -2.52. The zero-order chi connectivity index (χ0) is 12.1. The Balaban J connectivity index is 2.43. The average Bonchev–Trinajstić information content (AvgIpc) is 2.28. The summed E-state index contributed by atoms with van der Waals surface area (Å²) in [6, 6.07) is -0.815. The molecule has 2 unspecified atom stereocenters. The van der Waals surface area contributed by atoms with Gasteiger partial charge in [-0.3, -0.25) is 14.9 Å². The van der Waals surface area contributed by atoms with Gasteiger partial charge in [0.05, 0.1) is 12.1 Å². The molecular weight excluding hydrogens is 206 g/mol. The van der Waals surface area contributed by atoms with Crippen molar-refractivity contribution >= 4 is 11.8 Å². The van der Waals surface area contributed by atoms with Crippen LogP contribution in [0.15, 0.2) is 0 Å². The van der Waals surface area contributed by atoms with Crippen molar-refractivity contribution in [3.05, 3.63) is 0 Å². The fourth-order valence-electron chi connectivity index (χ4n) is 1.92. The van der Waals surface area contributed by atoms with Crippen molar-refractivity contribution < 1.29 is 9.59 Å². The third-order valence-electron chi connectivity index (χ3n) is 2.96. The number of primary amides is 1. The molecule has 0 aromatic rings. The summed E-state index contributed by atoms with van der Waals surface area (Å²) in [5.41, 5.74) is 5.14. The first kappa shape index (κ1) is 13.0. The lowest BCUT2D eigenvalue weighted by Gasteiger charge is -2.30. The van der Waals surface area contributed by atoms with Gasteiger partial charge in [0.1, 0.15) is 0 Å². The Hall–Kier alpha value is -1.10. The normalized spacial score (nSPS) is 20.2. The number of nitrogens with two attached hydrogens (primary N) is 1. The Morgan fingerprint density at radius 3 is 2.19 bits per heavy atom. The van der Waals surface area contributed by atoms with Gasteiger partial charge >= 0.3 is 0 Å². The van der Waals surface area contributed by atoms with Crippen molar-refractivity contribution in [1.82, 2.24) is 10.2 Å². The maximum Gasteiger partial charge on any atom is 0.239 e. The van der Waals surface area contributed by atoms with Crippen LogP contribution in [-0.4, -0.2) is 41.9 Å². The zero-order valence-electron chi connectivity index (χ0n) is 10.0. The molecule has 5 heteroatoms. The quantitative estimate of drug-likeness (QED) is 0.701. The number of hydrogen-bond donors (Lipinski definition) is 2. The van der Waals surface area contributed by atoms with E-state index < -0.39 is 11.9 Å². The van der Waals surface area contributed by atoms with Gasteiger partial charge in [-0.1, -0.05) is 0 Å². The van der Waals surface area contributed by atoms with E-state index >= 15 is 0 Å². The second kappa shape index (κ2) is 5.84. The van der Waals surface area contributed by atoms with Gasteiger partial charge in [-0.25, -0.2) is 0 Å². The molecule has 0 radical (unpaired) electrons. The van der Waals surface area contributed by atoms with E-state index in [1.165, 1.54) is 6.42 Å². The van der Waals surface area contributed by atoms with E-state index in [0.29, 0.717) is 0 Å². The van der Waals surface area contributed by atoms with Crippen molar-refractivity contribution in [3.8, 4) is 0 Å². The minimum atomic E-state index is -0.469. The number of rotatable bonds is 4. The number of piperidine rings is 1. The minimum Gasteiger partial charge on any atom is -0.368 e. The number of carbonyl (C=O) groups excluding carboxylic acids is 2. The van der Waals surface area contributed by atoms with Crippen molar-refractivity contribution in [3.63, 3.8) is 0 Å². The van der Waals surface area contributed by atoms with E-state index in [4.69, 9.17) is 5.73 Å². The minimum absolute atomic E-state index is 0.0628. The molecule has 16 heavy (non-hydrogen) atoms. The largest absolute Gasteiger partial charge is 0.368 e. The van der Waals surface area contributed by atoms with Gasteiger partial charge in [0.25, 0.3) is 0 Å². The summed E-state index contributed by atoms with van der Waals surface area (Å²) in [5, 5.41) is 2.91. The first-order valence-corrected chi connectivity index (χ1v) is 5.86. The van der Waals surface area contributed by atoms with E-state index in [2.05, 4.69) is 5.32 Å². The smallest absolute Gasteiger partial charge is 0.239 e. The van der Waals surface area contributed by atoms with Crippen LogP contribution in [0.5, 0.6) is 0 Å². The first-order chi connectivity index (χ1) is 7.52. The molecule has 92 valence electrons. The van der Waals surface area contributed by atoms with Gasteiger partial charge in [-0.2, -0.15) is 0 Å². The highest BCUT2D eigenvalue weighted by Crippen LogP contribution is 2.10. The summed E-state index contributed by atoms with van der Waals surface area (Å²) in [6.07, 6.45) is 3.34. The maximum absolute atomic E-state index is 12.0. The van der Waals surface area contributed by atoms with Crippen LogP contribution in [-0.2, 0) is 9.59 Å². The van der Waals surface area contributed by atoms with Crippen LogP contribution in [0.25, 0.3) is 0 Å². The van der Waals surface area contributed by atoms with E-state index in [0.717, 1.165) is 25.9 Å². The molecule has 0 saturated carbocycles. The third kappa shape index (κ3) is 3.48. The zero-order valence-corrected chi connectivity index (χ0v) is 10.0. The first-order valence-electron chi connectivity index (χ1n) is 5.86. The molecule has 0 aliphatic carbocycles. The Kier molecular flexibility index (Phi) is 4.73. The van der Waals surface area contributed by atoms with Crippen molar-refractivity contribution in [1.29, 1.82) is 0 Å². The second-order valence-electron chi connectivity index (χ2n) is 4.40. The van der Waals surface area contributed by atoms with Crippen molar-refractivity contribution in [2.45, 2.75) is 45.2 Å². The Labute approximate surface area is 96.4 Å². The van der Waals surface area contributed by atoms with Crippen LogP contribution in [0.4, 0.5) is 0 Å². The summed E-state index contributed by atoms with van der Waals surface area (Å²) in [4.78, 5) is 24.7. The Morgan fingerprint density at radius 2 is 1.69 bits per heavy atom. The van der Waals surface area contributed by atoms with Gasteiger partial charge < -0.3 is 10.6 Å². The SMILES string of the molecule is CC(NC(C)C(=O)N1CCCCC1)C(N)=O. The van der Waals surface area contributed by atoms with E-state index in [1.54, 1.807) is 13.8 Å². The molecule has 1 aliphatic rings. The van der Waals surface area contributed by atoms with Crippen LogP contribution in [0.2, 0.25) is 0 Å². The molecule has 1 saturated heterocycles. The number of amides is 2.